The molecular weight excluding hydrogens is 216 g/mol. The normalized spacial score (nSPS) is 16.3. The zero-order valence-corrected chi connectivity index (χ0v) is 10.0. The van der Waals surface area contributed by atoms with Gasteiger partial charge in [0.25, 0.3) is 0 Å². The van der Waals surface area contributed by atoms with Crippen LogP contribution >= 0.6 is 12.6 Å². The van der Waals surface area contributed by atoms with E-state index in [1.807, 2.05) is 0 Å². The molecule has 0 aliphatic rings. The van der Waals surface area contributed by atoms with Gasteiger partial charge in [-0.15, -0.1) is 0 Å². The minimum atomic E-state index is -0.801. The molecule has 0 spiro atoms. The largest absolute Gasteiger partial charge is 0.391 e. The van der Waals surface area contributed by atoms with E-state index < -0.39 is 18.1 Å². The third-order valence-corrected chi connectivity index (χ3v) is 2.55. The molecule has 0 aromatic heterocycles. The zero-order chi connectivity index (χ0) is 12.0. The standard InChI is InChI=1S/C9H18N2O3S/c1-5(7(12)4-15)8(13)11-6(2)9(14)10-3/h5-7,12,15H,4H2,1-3H3,(H,10,14)(H,11,13)/t5?,6-,7?/m1/s1. The van der Waals surface area contributed by atoms with Gasteiger partial charge in [0.15, 0.2) is 0 Å². The van der Waals surface area contributed by atoms with Gasteiger partial charge in [-0.25, -0.2) is 0 Å². The zero-order valence-electron chi connectivity index (χ0n) is 9.15. The summed E-state index contributed by atoms with van der Waals surface area (Å²) in [6, 6.07) is -0.600. The van der Waals surface area contributed by atoms with Crippen LogP contribution in [0.3, 0.4) is 0 Å². The van der Waals surface area contributed by atoms with Crippen molar-refractivity contribution in [2.75, 3.05) is 12.8 Å². The first-order chi connectivity index (χ1) is 6.93. The highest BCUT2D eigenvalue weighted by Crippen LogP contribution is 2.05. The van der Waals surface area contributed by atoms with Crippen molar-refractivity contribution in [3.63, 3.8) is 0 Å². The molecule has 0 bridgehead atoms. The Morgan fingerprint density at radius 3 is 2.27 bits per heavy atom. The number of likely N-dealkylation sites (N-methyl/N-ethyl adjacent to an activating group) is 1. The maximum Gasteiger partial charge on any atom is 0.242 e. The Hall–Kier alpha value is -0.750. The first-order valence-corrected chi connectivity index (χ1v) is 5.38. The number of aliphatic hydroxyl groups excluding tert-OH is 1. The third kappa shape index (κ3) is 4.53. The average molecular weight is 234 g/mol. The molecule has 0 saturated carbocycles. The molecular formula is C9H18N2O3S. The lowest BCUT2D eigenvalue weighted by molar-refractivity contribution is -0.132. The molecule has 0 saturated heterocycles. The minimum Gasteiger partial charge on any atom is -0.391 e. The Bertz CT molecular complexity index is 235. The summed E-state index contributed by atoms with van der Waals surface area (Å²) in [7, 11) is 1.50. The van der Waals surface area contributed by atoms with Crippen LogP contribution in [0, 0.1) is 5.92 Å². The Labute approximate surface area is 95.0 Å². The minimum absolute atomic E-state index is 0.211. The van der Waals surface area contributed by atoms with Crippen LogP contribution in [0.2, 0.25) is 0 Å². The molecule has 0 rings (SSSR count). The van der Waals surface area contributed by atoms with E-state index in [-0.39, 0.29) is 17.6 Å². The van der Waals surface area contributed by atoms with Crippen molar-refractivity contribution < 1.29 is 14.7 Å². The van der Waals surface area contributed by atoms with Crippen molar-refractivity contribution in [2.45, 2.75) is 26.0 Å². The van der Waals surface area contributed by atoms with Crippen LogP contribution in [0.5, 0.6) is 0 Å². The second-order valence-electron chi connectivity index (χ2n) is 3.38. The molecule has 2 amide bonds. The number of hydrogen-bond donors (Lipinski definition) is 4. The molecule has 5 nitrogen and oxygen atoms in total. The fourth-order valence-electron chi connectivity index (χ4n) is 0.960. The highest BCUT2D eigenvalue weighted by atomic mass is 32.1. The Morgan fingerprint density at radius 1 is 1.33 bits per heavy atom. The summed E-state index contributed by atoms with van der Waals surface area (Å²) in [4.78, 5) is 22.6. The Balaban J connectivity index is 4.18. The smallest absolute Gasteiger partial charge is 0.242 e. The topological polar surface area (TPSA) is 78.4 Å². The summed E-state index contributed by atoms with van der Waals surface area (Å²) in [5.74, 6) is -0.985. The summed E-state index contributed by atoms with van der Waals surface area (Å²) < 4.78 is 0. The average Bonchev–Trinajstić information content (AvgIpc) is 2.25. The molecule has 0 heterocycles. The summed E-state index contributed by atoms with van der Waals surface area (Å²) in [6.07, 6.45) is -0.801. The van der Waals surface area contributed by atoms with Crippen LogP contribution < -0.4 is 10.6 Å². The molecule has 15 heavy (non-hydrogen) atoms. The molecule has 0 aliphatic carbocycles. The van der Waals surface area contributed by atoms with E-state index in [2.05, 4.69) is 23.3 Å². The van der Waals surface area contributed by atoms with E-state index in [4.69, 9.17) is 0 Å². The number of amides is 2. The van der Waals surface area contributed by atoms with Gasteiger partial charge < -0.3 is 15.7 Å². The van der Waals surface area contributed by atoms with Crippen LogP contribution in [0.15, 0.2) is 0 Å². The van der Waals surface area contributed by atoms with E-state index >= 15 is 0 Å². The van der Waals surface area contributed by atoms with Crippen molar-refractivity contribution in [1.82, 2.24) is 10.6 Å². The fourth-order valence-corrected chi connectivity index (χ4v) is 1.28. The molecule has 0 aliphatic heterocycles. The van der Waals surface area contributed by atoms with E-state index in [0.717, 1.165) is 0 Å². The summed E-state index contributed by atoms with van der Waals surface area (Å²) >= 11 is 3.89. The molecule has 3 N–H and O–H groups in total. The second kappa shape index (κ2) is 6.68. The first-order valence-electron chi connectivity index (χ1n) is 4.74. The Morgan fingerprint density at radius 2 is 1.87 bits per heavy atom. The maximum absolute atomic E-state index is 11.5. The summed E-state index contributed by atoms with van der Waals surface area (Å²) in [6.45, 7) is 3.17. The van der Waals surface area contributed by atoms with Gasteiger partial charge in [-0.2, -0.15) is 12.6 Å². The van der Waals surface area contributed by atoms with Gasteiger partial charge in [0.1, 0.15) is 6.04 Å². The van der Waals surface area contributed by atoms with Gasteiger partial charge in [0.05, 0.1) is 12.0 Å². The highest BCUT2D eigenvalue weighted by Gasteiger charge is 2.23. The number of thiol groups is 1. The van der Waals surface area contributed by atoms with Crippen LogP contribution in [0.25, 0.3) is 0 Å². The lowest BCUT2D eigenvalue weighted by Gasteiger charge is -2.19. The molecule has 6 heteroatoms. The second-order valence-corrected chi connectivity index (χ2v) is 3.75. The number of hydrogen-bond acceptors (Lipinski definition) is 4. The van der Waals surface area contributed by atoms with E-state index in [0.29, 0.717) is 0 Å². The SMILES string of the molecule is CNC(=O)[C@@H](C)NC(=O)C(C)C(O)CS. The fraction of sp³-hybridized carbons (Fsp3) is 0.778. The lowest BCUT2D eigenvalue weighted by Crippen LogP contribution is -2.47. The molecule has 0 aromatic carbocycles. The molecule has 3 atom stereocenters. The Kier molecular flexibility index (Phi) is 6.35. The number of nitrogens with one attached hydrogen (secondary N) is 2. The van der Waals surface area contributed by atoms with Crippen LogP contribution in [-0.4, -0.2) is 41.9 Å². The van der Waals surface area contributed by atoms with E-state index in [1.54, 1.807) is 13.8 Å². The van der Waals surface area contributed by atoms with Gasteiger partial charge in [-0.1, -0.05) is 6.92 Å². The van der Waals surface area contributed by atoms with Gasteiger partial charge in [0.2, 0.25) is 11.8 Å². The van der Waals surface area contributed by atoms with Gasteiger partial charge in [-0.3, -0.25) is 9.59 Å². The first kappa shape index (κ1) is 14.2. The molecule has 2 unspecified atom stereocenters. The monoisotopic (exact) mass is 234 g/mol. The van der Waals surface area contributed by atoms with E-state index in [9.17, 15) is 14.7 Å². The van der Waals surface area contributed by atoms with Gasteiger partial charge >= 0.3 is 0 Å². The lowest BCUT2D eigenvalue weighted by atomic mass is 10.1. The van der Waals surface area contributed by atoms with Crippen LogP contribution in [0.1, 0.15) is 13.8 Å². The number of rotatable bonds is 5. The van der Waals surface area contributed by atoms with Crippen molar-refractivity contribution >= 4 is 24.4 Å². The van der Waals surface area contributed by atoms with Crippen molar-refractivity contribution in [3.8, 4) is 0 Å². The van der Waals surface area contributed by atoms with Gasteiger partial charge in [0, 0.05) is 12.8 Å². The molecule has 0 radical (unpaired) electrons. The van der Waals surface area contributed by atoms with Crippen molar-refractivity contribution in [3.05, 3.63) is 0 Å². The predicted molar refractivity (Wildman–Crippen MR) is 60.7 cm³/mol. The van der Waals surface area contributed by atoms with Gasteiger partial charge in [-0.05, 0) is 6.92 Å². The molecule has 0 fully saturated rings. The maximum atomic E-state index is 11.5. The van der Waals surface area contributed by atoms with E-state index in [1.165, 1.54) is 7.05 Å². The van der Waals surface area contributed by atoms with Crippen LogP contribution in [-0.2, 0) is 9.59 Å². The van der Waals surface area contributed by atoms with Crippen LogP contribution in [0.4, 0.5) is 0 Å². The quantitative estimate of drug-likeness (QED) is 0.469. The van der Waals surface area contributed by atoms with Crippen molar-refractivity contribution in [2.24, 2.45) is 5.92 Å². The molecule has 0 aromatic rings. The number of carbonyl (C=O) groups is 2. The summed E-state index contributed by atoms with van der Waals surface area (Å²) in [5, 5.41) is 14.3. The van der Waals surface area contributed by atoms with Crippen molar-refractivity contribution in [1.29, 1.82) is 0 Å². The predicted octanol–water partition coefficient (Wildman–Crippen LogP) is -0.836. The summed E-state index contributed by atoms with van der Waals surface area (Å²) in [5.41, 5.74) is 0. The highest BCUT2D eigenvalue weighted by molar-refractivity contribution is 7.80. The number of carbonyl (C=O) groups excluding carboxylic acids is 2. The molecule has 88 valence electrons. The third-order valence-electron chi connectivity index (χ3n) is 2.18. The number of aliphatic hydroxyl groups is 1.